The minimum atomic E-state index is -0.752. The average molecular weight is 540 g/mol. The smallest absolute Gasteiger partial charge is 0.273 e. The van der Waals surface area contributed by atoms with Crippen molar-refractivity contribution in [1.29, 1.82) is 0 Å². The predicted molar refractivity (Wildman–Crippen MR) is 130 cm³/mol. The number of carbonyl (C=O) groups is 4. The Kier molecular flexibility index (Phi) is 7.06. The third kappa shape index (κ3) is 4.48. The van der Waals surface area contributed by atoms with Gasteiger partial charge in [0.25, 0.3) is 17.7 Å². The van der Waals surface area contributed by atoms with E-state index >= 15 is 0 Å². The maximum absolute atomic E-state index is 13.5. The van der Waals surface area contributed by atoms with E-state index in [1.165, 1.54) is 36.4 Å². The van der Waals surface area contributed by atoms with Gasteiger partial charge in [0.2, 0.25) is 0 Å². The number of hydrazine groups is 1. The molecule has 0 saturated carbocycles. The van der Waals surface area contributed by atoms with E-state index in [2.05, 4.69) is 0 Å². The summed E-state index contributed by atoms with van der Waals surface area (Å²) >= 11 is 24.2. The van der Waals surface area contributed by atoms with Crippen LogP contribution in [0.4, 0.5) is 0 Å². The number of hydrogen-bond donors (Lipinski definition) is 0. The third-order valence-corrected chi connectivity index (χ3v) is 7.30. The molecule has 0 bridgehead atoms. The highest BCUT2D eigenvalue weighted by molar-refractivity contribution is 6.42. The molecule has 2 aromatic rings. The van der Waals surface area contributed by atoms with Gasteiger partial charge in [-0.2, -0.15) is 5.01 Å². The maximum Gasteiger partial charge on any atom is 0.273 e. The molecule has 4 rings (SSSR count). The van der Waals surface area contributed by atoms with Crippen LogP contribution in [0.3, 0.4) is 0 Å². The number of hydrogen-bond acceptors (Lipinski definition) is 4. The minimum Gasteiger partial charge on any atom is -0.292 e. The molecule has 1 fully saturated rings. The fourth-order valence-electron chi connectivity index (χ4n) is 4.32. The predicted octanol–water partition coefficient (Wildman–Crippen LogP) is 5.74. The van der Waals surface area contributed by atoms with Gasteiger partial charge in [-0.1, -0.05) is 65.5 Å². The number of allylic oxidation sites excluding steroid dienone is 2. The van der Waals surface area contributed by atoms with E-state index in [0.717, 1.165) is 10.0 Å². The van der Waals surface area contributed by atoms with E-state index in [-0.39, 0.29) is 32.1 Å². The SMILES string of the molecule is C[C@@H]1C=CC[C@@H]2C(=O)N(N(CC(=O)c3ccc(Cl)cc3Cl)C(=O)c3ccc(Cl)c(Cl)c3)C(=O)[C@@H]12. The van der Waals surface area contributed by atoms with E-state index in [0.29, 0.717) is 11.4 Å². The van der Waals surface area contributed by atoms with Crippen LogP contribution < -0.4 is 0 Å². The van der Waals surface area contributed by atoms with E-state index in [9.17, 15) is 19.2 Å². The number of imide groups is 1. The van der Waals surface area contributed by atoms with Crippen molar-refractivity contribution < 1.29 is 19.2 Å². The van der Waals surface area contributed by atoms with Crippen molar-refractivity contribution in [2.24, 2.45) is 17.8 Å². The van der Waals surface area contributed by atoms with Crippen molar-refractivity contribution in [2.75, 3.05) is 6.54 Å². The van der Waals surface area contributed by atoms with Crippen LogP contribution in [0.1, 0.15) is 34.1 Å². The normalized spacial score (nSPS) is 21.6. The lowest BCUT2D eigenvalue weighted by molar-refractivity contribution is -0.154. The molecule has 1 saturated heterocycles. The van der Waals surface area contributed by atoms with Gasteiger partial charge in [-0.25, -0.2) is 5.01 Å². The van der Waals surface area contributed by atoms with E-state index in [1.54, 1.807) is 0 Å². The molecule has 6 nitrogen and oxygen atoms in total. The summed E-state index contributed by atoms with van der Waals surface area (Å²) in [6.07, 6.45) is 4.10. The van der Waals surface area contributed by atoms with Crippen LogP contribution >= 0.6 is 46.4 Å². The Bertz CT molecular complexity index is 1250. The first-order chi connectivity index (χ1) is 16.1. The van der Waals surface area contributed by atoms with Crippen molar-refractivity contribution in [1.82, 2.24) is 10.0 Å². The number of ketones is 1. The van der Waals surface area contributed by atoms with Crippen LogP contribution in [0.2, 0.25) is 20.1 Å². The number of benzene rings is 2. The van der Waals surface area contributed by atoms with Crippen LogP contribution in [0.15, 0.2) is 48.6 Å². The number of carbonyl (C=O) groups excluding carboxylic acids is 4. The lowest BCUT2D eigenvalue weighted by atomic mass is 9.78. The highest BCUT2D eigenvalue weighted by atomic mass is 35.5. The molecule has 0 radical (unpaired) electrons. The van der Waals surface area contributed by atoms with Gasteiger partial charge in [-0.15, -0.1) is 0 Å². The second kappa shape index (κ2) is 9.70. The maximum atomic E-state index is 13.5. The monoisotopic (exact) mass is 538 g/mol. The Morgan fingerprint density at radius 2 is 1.71 bits per heavy atom. The quantitative estimate of drug-likeness (QED) is 0.276. The number of amides is 3. The van der Waals surface area contributed by atoms with Crippen LogP contribution in [0.5, 0.6) is 0 Å². The van der Waals surface area contributed by atoms with Crippen molar-refractivity contribution in [2.45, 2.75) is 13.3 Å². The topological polar surface area (TPSA) is 74.8 Å². The Labute approximate surface area is 216 Å². The molecule has 0 unspecified atom stereocenters. The first-order valence-corrected chi connectivity index (χ1v) is 11.9. The van der Waals surface area contributed by atoms with E-state index < -0.39 is 41.9 Å². The molecule has 2 aliphatic rings. The zero-order valence-corrected chi connectivity index (χ0v) is 20.8. The first-order valence-electron chi connectivity index (χ1n) is 10.4. The van der Waals surface area contributed by atoms with Gasteiger partial charge in [0.15, 0.2) is 5.78 Å². The van der Waals surface area contributed by atoms with Gasteiger partial charge in [-0.3, -0.25) is 19.2 Å². The van der Waals surface area contributed by atoms with Crippen LogP contribution in [0, 0.1) is 17.8 Å². The Morgan fingerprint density at radius 3 is 2.35 bits per heavy atom. The highest BCUT2D eigenvalue weighted by Gasteiger charge is 2.53. The molecule has 1 aliphatic heterocycles. The molecule has 10 heteroatoms. The molecule has 1 aliphatic carbocycles. The van der Waals surface area contributed by atoms with Crippen LogP contribution in [-0.2, 0) is 9.59 Å². The Balaban J connectivity index is 1.74. The molecule has 0 spiro atoms. The van der Waals surface area contributed by atoms with Crippen molar-refractivity contribution in [3.8, 4) is 0 Å². The summed E-state index contributed by atoms with van der Waals surface area (Å²) in [6.45, 7) is 1.24. The van der Waals surface area contributed by atoms with Gasteiger partial charge in [0.1, 0.15) is 6.54 Å². The van der Waals surface area contributed by atoms with Gasteiger partial charge in [-0.05, 0) is 48.7 Å². The fourth-order valence-corrected chi connectivity index (χ4v) is 5.13. The van der Waals surface area contributed by atoms with E-state index in [1.807, 2.05) is 19.1 Å². The molecule has 34 heavy (non-hydrogen) atoms. The molecule has 1 heterocycles. The lowest BCUT2D eigenvalue weighted by Crippen LogP contribution is -2.52. The number of Topliss-reactive ketones (excluding diaryl/α,β-unsaturated/α-hetero) is 1. The number of rotatable bonds is 5. The van der Waals surface area contributed by atoms with Crippen LogP contribution in [-0.4, -0.2) is 40.1 Å². The van der Waals surface area contributed by atoms with Gasteiger partial charge in [0.05, 0.1) is 26.9 Å². The zero-order valence-electron chi connectivity index (χ0n) is 17.8. The summed E-state index contributed by atoms with van der Waals surface area (Å²) in [5.74, 6) is -3.80. The molecular weight excluding hydrogens is 522 g/mol. The Hall–Kier alpha value is -2.38. The minimum absolute atomic E-state index is 0.0612. The summed E-state index contributed by atoms with van der Waals surface area (Å²) in [5.41, 5.74) is 0.163. The van der Waals surface area contributed by atoms with Crippen molar-refractivity contribution >= 4 is 69.9 Å². The lowest BCUT2D eigenvalue weighted by Gasteiger charge is -2.30. The molecule has 2 aromatic carbocycles. The van der Waals surface area contributed by atoms with Gasteiger partial charge >= 0.3 is 0 Å². The molecular formula is C24H18Cl4N2O4. The highest BCUT2D eigenvalue weighted by Crippen LogP contribution is 2.39. The third-order valence-electron chi connectivity index (χ3n) is 6.02. The van der Waals surface area contributed by atoms with Gasteiger partial charge < -0.3 is 0 Å². The number of halogens is 4. The largest absolute Gasteiger partial charge is 0.292 e. The number of nitrogens with zero attached hydrogens (tertiary/aromatic N) is 2. The summed E-state index contributed by atoms with van der Waals surface area (Å²) in [5, 5.41) is 2.43. The molecule has 0 N–H and O–H groups in total. The average Bonchev–Trinajstić information content (AvgIpc) is 3.04. The number of fused-ring (bicyclic) bond motifs is 1. The summed E-state index contributed by atoms with van der Waals surface area (Å²) in [7, 11) is 0. The fraction of sp³-hybridized carbons (Fsp3) is 0.250. The molecule has 0 aromatic heterocycles. The van der Waals surface area contributed by atoms with Crippen molar-refractivity contribution in [3.05, 3.63) is 79.8 Å². The van der Waals surface area contributed by atoms with Gasteiger partial charge in [0, 0.05) is 16.1 Å². The molecule has 3 atom stereocenters. The standard InChI is InChI=1S/C24H18Cl4N2O4/c1-12-3-2-4-16-21(12)24(34)30(23(16)33)29(22(32)13-5-8-17(26)19(28)9-13)11-20(31)15-7-6-14(25)10-18(15)27/h2-3,5-10,12,16,21H,4,11H2,1H3/t12-,16+,21+/m1/s1. The van der Waals surface area contributed by atoms with E-state index in [4.69, 9.17) is 46.4 Å². The Morgan fingerprint density at radius 1 is 0.971 bits per heavy atom. The van der Waals surface area contributed by atoms with Crippen LogP contribution in [0.25, 0.3) is 0 Å². The summed E-state index contributed by atoms with van der Waals surface area (Å²) in [4.78, 5) is 53.4. The summed E-state index contributed by atoms with van der Waals surface area (Å²) in [6, 6.07) is 8.46. The molecule has 176 valence electrons. The second-order valence-electron chi connectivity index (χ2n) is 8.18. The second-order valence-corrected chi connectivity index (χ2v) is 9.84. The summed E-state index contributed by atoms with van der Waals surface area (Å²) < 4.78 is 0. The van der Waals surface area contributed by atoms with Crippen molar-refractivity contribution in [3.63, 3.8) is 0 Å². The molecule has 3 amide bonds. The zero-order chi connectivity index (χ0) is 24.7. The first kappa shape index (κ1) is 24.7.